The predicted molar refractivity (Wildman–Crippen MR) is 115 cm³/mol. The molecule has 0 aliphatic heterocycles. The zero-order chi connectivity index (χ0) is 19.9. The van der Waals surface area contributed by atoms with Gasteiger partial charge in [-0.15, -0.1) is 11.6 Å². The summed E-state index contributed by atoms with van der Waals surface area (Å²) in [6, 6.07) is 12.0. The molecule has 0 spiro atoms. The number of rotatable bonds is 16. The van der Waals surface area contributed by atoms with Crippen molar-refractivity contribution in [2.24, 2.45) is 5.73 Å². The van der Waals surface area contributed by atoms with Crippen LogP contribution in [0, 0.1) is 0 Å². The number of nitrogens with two attached hydrogens (primary N) is 1. The van der Waals surface area contributed by atoms with E-state index >= 15 is 0 Å². The maximum atomic E-state index is 5.81. The van der Waals surface area contributed by atoms with E-state index in [1.165, 1.54) is 19.3 Å². The van der Waals surface area contributed by atoms with Gasteiger partial charge in [0.2, 0.25) is 0 Å². The molecular weight excluding hydrogens is 378 g/mol. The van der Waals surface area contributed by atoms with Crippen molar-refractivity contribution in [3.05, 3.63) is 36.4 Å². The lowest BCUT2D eigenvalue weighted by Gasteiger charge is -2.11. The van der Waals surface area contributed by atoms with Crippen LogP contribution >= 0.6 is 11.6 Å². The van der Waals surface area contributed by atoms with Gasteiger partial charge in [-0.3, -0.25) is 0 Å². The van der Waals surface area contributed by atoms with Gasteiger partial charge in [0.05, 0.1) is 19.9 Å². The molecule has 0 aliphatic carbocycles. The molecule has 2 rings (SSSR count). The molecule has 2 aromatic rings. The molecule has 0 atom stereocenters. The lowest BCUT2D eigenvalue weighted by Crippen LogP contribution is -2.11. The zero-order valence-corrected chi connectivity index (χ0v) is 17.3. The maximum Gasteiger partial charge on any atom is 0.127 e. The number of fused-ring (bicyclic) bond motifs is 1. The first-order chi connectivity index (χ1) is 13.8. The van der Waals surface area contributed by atoms with Crippen molar-refractivity contribution in [1.29, 1.82) is 0 Å². The van der Waals surface area contributed by atoms with E-state index in [1.807, 2.05) is 36.4 Å². The summed E-state index contributed by atoms with van der Waals surface area (Å²) in [5, 5.41) is 2.13. The minimum Gasteiger partial charge on any atom is -0.491 e. The number of hydrogen-bond donors (Lipinski definition) is 1. The van der Waals surface area contributed by atoms with E-state index < -0.39 is 0 Å². The van der Waals surface area contributed by atoms with Crippen LogP contribution in [0.25, 0.3) is 10.8 Å². The van der Waals surface area contributed by atoms with E-state index in [0.717, 1.165) is 47.6 Å². The third-order valence-electron chi connectivity index (χ3n) is 4.33. The van der Waals surface area contributed by atoms with Crippen LogP contribution in [0.3, 0.4) is 0 Å². The molecule has 0 radical (unpaired) electrons. The molecule has 0 aromatic heterocycles. The number of ether oxygens (including phenoxy) is 4. The first-order valence-corrected chi connectivity index (χ1v) is 10.6. The zero-order valence-electron chi connectivity index (χ0n) is 16.5. The molecule has 0 saturated carbocycles. The largest absolute Gasteiger partial charge is 0.491 e. The van der Waals surface area contributed by atoms with Crippen LogP contribution in [0.15, 0.2) is 36.4 Å². The molecule has 6 heteroatoms. The standard InChI is InChI=1S/C22H32ClNO4/c23-11-4-2-1-3-5-12-25-13-15-27-20-9-10-21-19(17-20)7-6-8-22(21)28-16-14-26-18-24/h6-10,17H,1-5,11-16,18,24H2. The molecular formula is C22H32ClNO4. The number of halogens is 1. The van der Waals surface area contributed by atoms with Crippen LogP contribution in [-0.4, -0.2) is 45.6 Å². The number of benzene rings is 2. The SMILES string of the molecule is NCOCCOc1cccc2cc(OCCOCCCCCCCCl)ccc12. The molecule has 0 bridgehead atoms. The van der Waals surface area contributed by atoms with Crippen LogP contribution in [0.1, 0.15) is 32.1 Å². The highest BCUT2D eigenvalue weighted by Gasteiger charge is 2.04. The lowest BCUT2D eigenvalue weighted by molar-refractivity contribution is 0.0971. The van der Waals surface area contributed by atoms with Gasteiger partial charge >= 0.3 is 0 Å². The van der Waals surface area contributed by atoms with Crippen molar-refractivity contribution in [3.8, 4) is 11.5 Å². The first kappa shape index (κ1) is 22.8. The number of hydrogen-bond acceptors (Lipinski definition) is 5. The fourth-order valence-corrected chi connectivity index (χ4v) is 3.08. The minimum atomic E-state index is 0.206. The molecule has 0 heterocycles. The van der Waals surface area contributed by atoms with Crippen LogP contribution in [-0.2, 0) is 9.47 Å². The summed E-state index contributed by atoms with van der Waals surface area (Å²) >= 11 is 5.67. The molecule has 0 fully saturated rings. The highest BCUT2D eigenvalue weighted by molar-refractivity contribution is 6.17. The van der Waals surface area contributed by atoms with E-state index in [9.17, 15) is 0 Å². The molecule has 156 valence electrons. The van der Waals surface area contributed by atoms with E-state index in [1.54, 1.807) is 0 Å². The quantitative estimate of drug-likeness (QED) is 0.246. The monoisotopic (exact) mass is 409 g/mol. The predicted octanol–water partition coefficient (Wildman–Crippen LogP) is 4.74. The molecule has 0 aliphatic rings. The summed E-state index contributed by atoms with van der Waals surface area (Å²) in [5.41, 5.74) is 5.31. The normalized spacial score (nSPS) is 11.1. The molecule has 0 unspecified atom stereocenters. The lowest BCUT2D eigenvalue weighted by atomic mass is 10.1. The average Bonchev–Trinajstić information content (AvgIpc) is 2.72. The van der Waals surface area contributed by atoms with Crippen molar-refractivity contribution < 1.29 is 18.9 Å². The summed E-state index contributed by atoms with van der Waals surface area (Å²) in [4.78, 5) is 0. The molecule has 0 amide bonds. The molecule has 2 N–H and O–H groups in total. The Morgan fingerprint density at radius 2 is 1.54 bits per heavy atom. The summed E-state index contributed by atoms with van der Waals surface area (Å²) in [7, 11) is 0. The summed E-state index contributed by atoms with van der Waals surface area (Å²) < 4.78 is 22.3. The van der Waals surface area contributed by atoms with Crippen LogP contribution in [0.2, 0.25) is 0 Å². The molecule has 0 saturated heterocycles. The van der Waals surface area contributed by atoms with Gasteiger partial charge in [-0.25, -0.2) is 0 Å². The minimum absolute atomic E-state index is 0.206. The van der Waals surface area contributed by atoms with Crippen molar-refractivity contribution in [1.82, 2.24) is 0 Å². The van der Waals surface area contributed by atoms with Crippen LogP contribution < -0.4 is 15.2 Å². The third-order valence-corrected chi connectivity index (χ3v) is 4.60. The second-order valence-corrected chi connectivity index (χ2v) is 6.86. The fraction of sp³-hybridized carbons (Fsp3) is 0.545. The van der Waals surface area contributed by atoms with Crippen molar-refractivity contribution >= 4 is 22.4 Å². The first-order valence-electron chi connectivity index (χ1n) is 10.0. The maximum absolute atomic E-state index is 5.81. The smallest absolute Gasteiger partial charge is 0.127 e. The highest BCUT2D eigenvalue weighted by atomic mass is 35.5. The summed E-state index contributed by atoms with van der Waals surface area (Å²) in [6.07, 6.45) is 5.85. The van der Waals surface area contributed by atoms with Gasteiger partial charge in [0, 0.05) is 17.9 Å². The van der Waals surface area contributed by atoms with Gasteiger partial charge in [-0.05, 0) is 42.5 Å². The highest BCUT2D eigenvalue weighted by Crippen LogP contribution is 2.28. The Balaban J connectivity index is 1.68. The van der Waals surface area contributed by atoms with E-state index in [2.05, 4.69) is 0 Å². The molecule has 28 heavy (non-hydrogen) atoms. The van der Waals surface area contributed by atoms with E-state index in [4.69, 9.17) is 36.3 Å². The van der Waals surface area contributed by atoms with Crippen LogP contribution in [0.5, 0.6) is 11.5 Å². The van der Waals surface area contributed by atoms with E-state index in [-0.39, 0.29) is 6.73 Å². The van der Waals surface area contributed by atoms with Gasteiger partial charge < -0.3 is 24.7 Å². The third kappa shape index (κ3) is 8.65. The summed E-state index contributed by atoms with van der Waals surface area (Å²) in [6.45, 7) is 3.09. The summed E-state index contributed by atoms with van der Waals surface area (Å²) in [5.74, 6) is 2.43. The van der Waals surface area contributed by atoms with Gasteiger partial charge in [-0.1, -0.05) is 31.4 Å². The Kier molecular flexibility index (Phi) is 11.8. The molecule has 5 nitrogen and oxygen atoms in total. The number of unbranched alkanes of at least 4 members (excludes halogenated alkanes) is 4. The Labute approximate surface area is 173 Å². The van der Waals surface area contributed by atoms with E-state index in [0.29, 0.717) is 26.4 Å². The Hall–Kier alpha value is -1.53. The number of alkyl halides is 1. The van der Waals surface area contributed by atoms with Gasteiger partial charge in [0.15, 0.2) is 0 Å². The van der Waals surface area contributed by atoms with Crippen molar-refractivity contribution in [2.75, 3.05) is 45.6 Å². The van der Waals surface area contributed by atoms with Gasteiger partial charge in [-0.2, -0.15) is 0 Å². The fourth-order valence-electron chi connectivity index (χ4n) is 2.89. The Bertz CT molecular complexity index is 668. The van der Waals surface area contributed by atoms with Crippen molar-refractivity contribution in [3.63, 3.8) is 0 Å². The Morgan fingerprint density at radius 3 is 2.39 bits per heavy atom. The van der Waals surface area contributed by atoms with Gasteiger partial charge in [0.1, 0.15) is 24.7 Å². The van der Waals surface area contributed by atoms with Gasteiger partial charge in [0.25, 0.3) is 0 Å². The average molecular weight is 410 g/mol. The second kappa shape index (κ2) is 14.5. The second-order valence-electron chi connectivity index (χ2n) is 6.48. The van der Waals surface area contributed by atoms with Crippen molar-refractivity contribution in [2.45, 2.75) is 32.1 Å². The molecule has 2 aromatic carbocycles. The topological polar surface area (TPSA) is 62.9 Å². The van der Waals surface area contributed by atoms with Crippen LogP contribution in [0.4, 0.5) is 0 Å². The Morgan fingerprint density at radius 1 is 0.750 bits per heavy atom.